The first-order valence-electron chi connectivity index (χ1n) is 13.4. The van der Waals surface area contributed by atoms with Crippen molar-refractivity contribution in [3.63, 3.8) is 0 Å². The third kappa shape index (κ3) is 4.57. The first kappa shape index (κ1) is 24.6. The van der Waals surface area contributed by atoms with E-state index in [-0.39, 0.29) is 6.04 Å². The van der Waals surface area contributed by atoms with Crippen LogP contribution in [-0.4, -0.2) is 22.6 Å². The van der Waals surface area contributed by atoms with Gasteiger partial charge in [0.05, 0.1) is 41.5 Å². The lowest BCUT2D eigenvalue weighted by molar-refractivity contribution is 0.415. The van der Waals surface area contributed by atoms with Crippen LogP contribution in [0.4, 0.5) is 5.69 Å². The molecule has 0 N–H and O–H groups in total. The molecule has 41 heavy (non-hydrogen) atoms. The maximum atomic E-state index is 13.2. The number of rotatable bonds is 6. The van der Waals surface area contributed by atoms with E-state index < -0.39 is 5.63 Å². The van der Waals surface area contributed by atoms with E-state index in [1.165, 1.54) is 0 Å². The van der Waals surface area contributed by atoms with Crippen molar-refractivity contribution in [1.82, 2.24) is 9.78 Å². The van der Waals surface area contributed by atoms with Gasteiger partial charge < -0.3 is 9.15 Å². The van der Waals surface area contributed by atoms with E-state index in [1.54, 1.807) is 13.2 Å². The molecule has 0 radical (unpaired) electrons. The highest BCUT2D eigenvalue weighted by Crippen LogP contribution is 2.41. The highest BCUT2D eigenvalue weighted by Gasteiger charge is 2.34. The lowest BCUT2D eigenvalue weighted by Crippen LogP contribution is -2.19. The van der Waals surface area contributed by atoms with Gasteiger partial charge in [0.2, 0.25) is 0 Å². The minimum Gasteiger partial charge on any atom is -0.497 e. The number of methoxy groups -OCH3 is 1. The Kier molecular flexibility index (Phi) is 6.17. The van der Waals surface area contributed by atoms with Crippen LogP contribution in [0.3, 0.4) is 0 Å². The monoisotopic (exact) mass is 538 g/mol. The number of ether oxygens (including phenoxy) is 1. The van der Waals surface area contributed by atoms with Gasteiger partial charge in [-0.05, 0) is 60.7 Å². The Morgan fingerprint density at radius 2 is 1.51 bits per heavy atom. The average molecular weight is 539 g/mol. The van der Waals surface area contributed by atoms with Crippen LogP contribution in [0.1, 0.15) is 23.6 Å². The summed E-state index contributed by atoms with van der Waals surface area (Å²) in [5, 5.41) is 12.9. The molecule has 0 spiro atoms. The van der Waals surface area contributed by atoms with E-state index in [9.17, 15) is 4.79 Å². The van der Waals surface area contributed by atoms with Crippen molar-refractivity contribution in [3.8, 4) is 22.7 Å². The minimum atomic E-state index is -0.397. The molecule has 3 heterocycles. The van der Waals surface area contributed by atoms with Crippen LogP contribution >= 0.6 is 0 Å². The SMILES string of the molecule is COc1ccc(-c2nn(-c3ccccc3)cc2C2CC(c3cc4ccccc4oc3=O)=NN2c2ccccc2)cc1. The summed E-state index contributed by atoms with van der Waals surface area (Å²) >= 11 is 0. The standard InChI is InChI=1S/C34H26N4O3/c1-40-27-18-16-23(17-19-27)33-29(22-37(36-33)25-11-4-2-5-12-25)31-21-30(35-38(31)26-13-6-3-7-14-26)28-20-24-10-8-9-15-32(24)41-34(28)39/h2-20,22,31H,21H2,1H3. The van der Waals surface area contributed by atoms with Gasteiger partial charge in [0.25, 0.3) is 0 Å². The second-order valence-electron chi connectivity index (χ2n) is 9.87. The number of para-hydroxylation sites is 3. The van der Waals surface area contributed by atoms with Crippen LogP contribution < -0.4 is 15.4 Å². The summed E-state index contributed by atoms with van der Waals surface area (Å²) in [6, 6.07) is 37.1. The van der Waals surface area contributed by atoms with E-state index in [0.717, 1.165) is 39.3 Å². The molecule has 1 unspecified atom stereocenters. The van der Waals surface area contributed by atoms with Crippen LogP contribution in [0.25, 0.3) is 27.9 Å². The molecule has 0 saturated carbocycles. The fraction of sp³-hybridized carbons (Fsp3) is 0.0882. The van der Waals surface area contributed by atoms with Crippen LogP contribution in [0.5, 0.6) is 5.75 Å². The van der Waals surface area contributed by atoms with Gasteiger partial charge >= 0.3 is 5.63 Å². The van der Waals surface area contributed by atoms with Crippen molar-refractivity contribution in [1.29, 1.82) is 0 Å². The van der Waals surface area contributed by atoms with Crippen LogP contribution in [0.2, 0.25) is 0 Å². The zero-order valence-electron chi connectivity index (χ0n) is 22.3. The molecule has 0 amide bonds. The number of aromatic nitrogens is 2. The third-order valence-corrected chi connectivity index (χ3v) is 7.37. The largest absolute Gasteiger partial charge is 0.497 e. The number of hydrogen-bond donors (Lipinski definition) is 0. The minimum absolute atomic E-state index is 0.215. The van der Waals surface area contributed by atoms with Gasteiger partial charge in [0, 0.05) is 29.1 Å². The molecule has 0 bridgehead atoms. The quantitative estimate of drug-likeness (QED) is 0.213. The van der Waals surface area contributed by atoms with Crippen LogP contribution in [0.15, 0.2) is 136 Å². The summed E-state index contributed by atoms with van der Waals surface area (Å²) in [5.74, 6) is 0.776. The Bertz CT molecular complexity index is 1930. The molecule has 1 atom stereocenters. The number of nitrogens with zero attached hydrogens (tertiary/aromatic N) is 4. The molecule has 1 aliphatic rings. The number of hydrazone groups is 1. The van der Waals surface area contributed by atoms with Crippen molar-refractivity contribution in [2.24, 2.45) is 5.10 Å². The molecule has 0 saturated heterocycles. The maximum absolute atomic E-state index is 13.2. The van der Waals surface area contributed by atoms with Gasteiger partial charge in [-0.1, -0.05) is 54.6 Å². The lowest BCUT2D eigenvalue weighted by atomic mass is 9.96. The maximum Gasteiger partial charge on any atom is 0.345 e. The van der Waals surface area contributed by atoms with E-state index >= 15 is 0 Å². The molecule has 7 heteroatoms. The second kappa shape index (κ2) is 10.3. The summed E-state index contributed by atoms with van der Waals surface area (Å²) in [4.78, 5) is 13.2. The molecule has 7 nitrogen and oxygen atoms in total. The number of hydrogen-bond acceptors (Lipinski definition) is 6. The average Bonchev–Trinajstić information content (AvgIpc) is 3.67. The topological polar surface area (TPSA) is 72.9 Å². The molecule has 0 fully saturated rings. The first-order valence-corrected chi connectivity index (χ1v) is 13.4. The van der Waals surface area contributed by atoms with Gasteiger partial charge in [-0.2, -0.15) is 10.2 Å². The summed E-state index contributed by atoms with van der Waals surface area (Å²) in [6.07, 6.45) is 2.57. The lowest BCUT2D eigenvalue weighted by Gasteiger charge is -2.23. The van der Waals surface area contributed by atoms with Crippen LogP contribution in [0, 0.1) is 0 Å². The van der Waals surface area contributed by atoms with Crippen LogP contribution in [-0.2, 0) is 0 Å². The fourth-order valence-corrected chi connectivity index (χ4v) is 5.31. The Morgan fingerprint density at radius 1 is 0.829 bits per heavy atom. The molecule has 1 aliphatic heterocycles. The molecule has 2 aromatic heterocycles. The van der Waals surface area contributed by atoms with Gasteiger partial charge in [-0.3, -0.25) is 5.01 Å². The van der Waals surface area contributed by atoms with Crippen molar-refractivity contribution < 1.29 is 9.15 Å². The van der Waals surface area contributed by atoms with Crippen molar-refractivity contribution in [2.45, 2.75) is 12.5 Å². The summed E-state index contributed by atoms with van der Waals surface area (Å²) in [6.45, 7) is 0. The van der Waals surface area contributed by atoms with Gasteiger partial charge in [0.1, 0.15) is 11.3 Å². The Hall–Kier alpha value is -5.43. The predicted octanol–water partition coefficient (Wildman–Crippen LogP) is 7.01. The molecule has 7 rings (SSSR count). The van der Waals surface area contributed by atoms with Gasteiger partial charge in [-0.15, -0.1) is 0 Å². The molecule has 6 aromatic rings. The van der Waals surface area contributed by atoms with E-state index in [1.807, 2.05) is 119 Å². The van der Waals surface area contributed by atoms with E-state index in [2.05, 4.69) is 6.20 Å². The number of anilines is 1. The van der Waals surface area contributed by atoms with Gasteiger partial charge in [0.15, 0.2) is 0 Å². The Balaban J connectivity index is 1.38. The molecule has 4 aromatic carbocycles. The zero-order valence-corrected chi connectivity index (χ0v) is 22.3. The smallest absolute Gasteiger partial charge is 0.345 e. The van der Waals surface area contributed by atoms with E-state index in [0.29, 0.717) is 23.3 Å². The summed E-state index contributed by atoms with van der Waals surface area (Å²) in [5.41, 5.74) is 5.96. The first-order chi connectivity index (χ1) is 20.2. The molecular weight excluding hydrogens is 512 g/mol. The highest BCUT2D eigenvalue weighted by atomic mass is 16.5. The van der Waals surface area contributed by atoms with Gasteiger partial charge in [-0.25, -0.2) is 9.48 Å². The Morgan fingerprint density at radius 3 is 2.24 bits per heavy atom. The second-order valence-corrected chi connectivity index (χ2v) is 9.87. The molecule has 200 valence electrons. The van der Waals surface area contributed by atoms with Crippen molar-refractivity contribution in [2.75, 3.05) is 12.1 Å². The van der Waals surface area contributed by atoms with E-state index in [4.69, 9.17) is 19.4 Å². The zero-order chi connectivity index (χ0) is 27.8. The number of fused-ring (bicyclic) bond motifs is 1. The van der Waals surface area contributed by atoms with Crippen molar-refractivity contribution >= 4 is 22.4 Å². The molecular formula is C34H26N4O3. The molecule has 0 aliphatic carbocycles. The summed E-state index contributed by atoms with van der Waals surface area (Å²) < 4.78 is 13.0. The summed E-state index contributed by atoms with van der Waals surface area (Å²) in [7, 11) is 1.66. The fourth-order valence-electron chi connectivity index (χ4n) is 5.31. The highest BCUT2D eigenvalue weighted by molar-refractivity contribution is 6.04. The third-order valence-electron chi connectivity index (χ3n) is 7.37. The number of benzene rings is 4. The Labute approximate surface area is 236 Å². The van der Waals surface area contributed by atoms with Crippen molar-refractivity contribution in [3.05, 3.63) is 143 Å². The normalized spacial score (nSPS) is 14.8. The predicted molar refractivity (Wildman–Crippen MR) is 161 cm³/mol.